The molecule has 0 aliphatic heterocycles. The molecule has 1 N–H and O–H groups in total. The van der Waals surface area contributed by atoms with Crippen molar-refractivity contribution in [2.75, 3.05) is 12.4 Å². The number of nitrogens with one attached hydrogen (secondary N) is 1. The van der Waals surface area contributed by atoms with Crippen LogP contribution >= 0.6 is 0 Å². The van der Waals surface area contributed by atoms with E-state index in [0.29, 0.717) is 45.2 Å². The van der Waals surface area contributed by atoms with Crippen LogP contribution in [0.3, 0.4) is 0 Å². The number of hydrogen-bond donors (Lipinski definition) is 1. The molecule has 0 fully saturated rings. The lowest BCUT2D eigenvalue weighted by molar-refractivity contribution is -0.396. The molecule has 2 aromatic carbocycles. The van der Waals surface area contributed by atoms with Crippen LogP contribution in [0.15, 0.2) is 65.7 Å². The van der Waals surface area contributed by atoms with Crippen LogP contribution in [0.5, 0.6) is 17.4 Å². The van der Waals surface area contributed by atoms with Gasteiger partial charge in [-0.2, -0.15) is 0 Å². The zero-order chi connectivity index (χ0) is 29.3. The van der Waals surface area contributed by atoms with Crippen molar-refractivity contribution in [3.8, 4) is 23.1 Å². The molecule has 0 saturated heterocycles. The second-order valence-electron chi connectivity index (χ2n) is 9.03. The van der Waals surface area contributed by atoms with Gasteiger partial charge in [0, 0.05) is 18.8 Å². The SMILES string of the molecule is COc1ccc(-n2c(=O)n(C)c3cnc(OC(=O)Nc4ccc(OCc5cnc([N+](=O)[O-])n5C)cc4C)cc32)cc1. The Labute approximate surface area is 232 Å². The lowest BCUT2D eigenvalue weighted by Crippen LogP contribution is -2.20. The van der Waals surface area contributed by atoms with E-state index in [2.05, 4.69) is 15.3 Å². The number of carbonyl (C=O) groups is 1. The average molecular weight is 560 g/mol. The third kappa shape index (κ3) is 5.30. The van der Waals surface area contributed by atoms with E-state index in [1.54, 1.807) is 63.5 Å². The Morgan fingerprint density at radius 3 is 2.39 bits per heavy atom. The molecule has 3 aromatic heterocycles. The summed E-state index contributed by atoms with van der Waals surface area (Å²) >= 11 is 0. The fraction of sp³-hybridized carbons (Fsp3) is 0.185. The number of fused-ring (bicyclic) bond motifs is 1. The number of methoxy groups -OCH3 is 1. The maximum absolute atomic E-state index is 13.0. The molecule has 0 saturated carbocycles. The van der Waals surface area contributed by atoms with Crippen molar-refractivity contribution in [2.45, 2.75) is 13.5 Å². The topological polar surface area (TPSA) is 158 Å². The van der Waals surface area contributed by atoms with Gasteiger partial charge >= 0.3 is 17.7 Å². The van der Waals surface area contributed by atoms with Crippen molar-refractivity contribution in [1.82, 2.24) is 23.7 Å². The van der Waals surface area contributed by atoms with E-state index in [-0.39, 0.29) is 24.1 Å². The number of nitro groups is 1. The Morgan fingerprint density at radius 2 is 1.73 bits per heavy atom. The zero-order valence-corrected chi connectivity index (χ0v) is 22.5. The highest BCUT2D eigenvalue weighted by Crippen LogP contribution is 2.25. The maximum Gasteiger partial charge on any atom is 0.434 e. The van der Waals surface area contributed by atoms with Gasteiger partial charge in [0.2, 0.25) is 5.88 Å². The summed E-state index contributed by atoms with van der Waals surface area (Å²) in [5.74, 6) is 0.880. The number of aryl methyl sites for hydroxylation is 2. The molecular formula is C27H25N7O7. The van der Waals surface area contributed by atoms with Crippen LogP contribution in [0.2, 0.25) is 0 Å². The number of amides is 1. The Balaban J connectivity index is 1.29. The Bertz CT molecular complexity index is 1840. The van der Waals surface area contributed by atoms with Crippen LogP contribution in [0, 0.1) is 17.0 Å². The number of benzene rings is 2. The largest absolute Gasteiger partial charge is 0.497 e. The molecule has 0 spiro atoms. The number of pyridine rings is 1. The van der Waals surface area contributed by atoms with Gasteiger partial charge in [-0.25, -0.2) is 19.1 Å². The van der Waals surface area contributed by atoms with Crippen molar-refractivity contribution in [3.05, 3.63) is 92.8 Å². The summed E-state index contributed by atoms with van der Waals surface area (Å²) in [5.41, 5.74) is 3.10. The average Bonchev–Trinajstić information content (AvgIpc) is 3.44. The molecule has 1 amide bonds. The fourth-order valence-electron chi connectivity index (χ4n) is 4.24. The van der Waals surface area contributed by atoms with Crippen LogP contribution < -0.4 is 25.2 Å². The number of anilines is 1. The lowest BCUT2D eigenvalue weighted by Gasteiger charge is -2.11. The second-order valence-corrected chi connectivity index (χ2v) is 9.03. The summed E-state index contributed by atoms with van der Waals surface area (Å²) in [6.07, 6.45) is 2.08. The molecule has 210 valence electrons. The third-order valence-corrected chi connectivity index (χ3v) is 6.49. The summed E-state index contributed by atoms with van der Waals surface area (Å²) in [6, 6.07) is 13.5. The number of carbonyl (C=O) groups excluding carboxylic acids is 1. The highest BCUT2D eigenvalue weighted by atomic mass is 16.6. The highest BCUT2D eigenvalue weighted by Gasteiger charge is 2.18. The predicted octanol–water partition coefficient (Wildman–Crippen LogP) is 3.87. The van der Waals surface area contributed by atoms with E-state index in [9.17, 15) is 19.7 Å². The van der Waals surface area contributed by atoms with E-state index in [4.69, 9.17) is 14.2 Å². The Morgan fingerprint density at radius 1 is 1.00 bits per heavy atom. The van der Waals surface area contributed by atoms with Crippen LogP contribution in [0.4, 0.5) is 16.4 Å². The molecule has 3 heterocycles. The first-order valence-corrected chi connectivity index (χ1v) is 12.3. The van der Waals surface area contributed by atoms with E-state index >= 15 is 0 Å². The lowest BCUT2D eigenvalue weighted by atomic mass is 10.2. The van der Waals surface area contributed by atoms with Crippen molar-refractivity contribution in [3.63, 3.8) is 0 Å². The summed E-state index contributed by atoms with van der Waals surface area (Å²) < 4.78 is 20.7. The fourth-order valence-corrected chi connectivity index (χ4v) is 4.24. The zero-order valence-electron chi connectivity index (χ0n) is 22.5. The van der Waals surface area contributed by atoms with Crippen molar-refractivity contribution in [2.24, 2.45) is 14.1 Å². The molecule has 0 unspecified atom stereocenters. The van der Waals surface area contributed by atoms with Gasteiger partial charge in [-0.15, -0.1) is 0 Å². The molecule has 5 rings (SSSR count). The number of nitrogens with zero attached hydrogens (tertiary/aromatic N) is 6. The van der Waals surface area contributed by atoms with Gasteiger partial charge in [-0.3, -0.25) is 14.5 Å². The minimum absolute atomic E-state index is 0.00531. The molecule has 41 heavy (non-hydrogen) atoms. The third-order valence-electron chi connectivity index (χ3n) is 6.49. The van der Waals surface area contributed by atoms with Gasteiger partial charge in [-0.05, 0) is 59.9 Å². The monoisotopic (exact) mass is 559 g/mol. The number of hydrogen-bond acceptors (Lipinski definition) is 9. The van der Waals surface area contributed by atoms with E-state index in [1.165, 1.54) is 39.2 Å². The molecule has 0 bridgehead atoms. The Hall–Kier alpha value is -5.66. The standard InChI is InChI=1S/C27H25N7O7/c1-16-11-20(40-15-18-13-29-25(31(18)2)34(37)38)9-10-21(16)30-26(35)41-24-12-22-23(14-28-24)32(3)27(36)33(22)17-5-7-19(39-4)8-6-17/h5-14H,15H2,1-4H3,(H,30,35). The number of aromatic nitrogens is 5. The van der Waals surface area contributed by atoms with E-state index < -0.39 is 11.0 Å². The summed E-state index contributed by atoms with van der Waals surface area (Å²) in [4.78, 5) is 44.0. The van der Waals surface area contributed by atoms with Crippen LogP contribution in [-0.4, -0.2) is 41.8 Å². The number of imidazole rings is 2. The molecular weight excluding hydrogens is 534 g/mol. The first-order chi connectivity index (χ1) is 19.7. The predicted molar refractivity (Wildman–Crippen MR) is 148 cm³/mol. The molecule has 0 atom stereocenters. The van der Waals surface area contributed by atoms with E-state index in [1.807, 2.05) is 0 Å². The van der Waals surface area contributed by atoms with Gasteiger partial charge in [0.25, 0.3) is 0 Å². The van der Waals surface area contributed by atoms with Gasteiger partial charge in [0.1, 0.15) is 24.3 Å². The van der Waals surface area contributed by atoms with Crippen molar-refractivity contribution >= 4 is 28.8 Å². The molecule has 0 radical (unpaired) electrons. The van der Waals surface area contributed by atoms with Gasteiger partial charge in [-0.1, -0.05) is 4.98 Å². The molecule has 14 nitrogen and oxygen atoms in total. The van der Waals surface area contributed by atoms with Crippen LogP contribution in [-0.2, 0) is 20.7 Å². The van der Waals surface area contributed by atoms with Gasteiger partial charge < -0.3 is 24.3 Å². The maximum atomic E-state index is 13.0. The minimum Gasteiger partial charge on any atom is -0.497 e. The number of ether oxygens (including phenoxy) is 3. The van der Waals surface area contributed by atoms with Gasteiger partial charge in [0.15, 0.2) is 5.69 Å². The quantitative estimate of drug-likeness (QED) is 0.220. The Kier molecular flexibility index (Phi) is 7.12. The van der Waals surface area contributed by atoms with E-state index in [0.717, 1.165) is 0 Å². The summed E-state index contributed by atoms with van der Waals surface area (Å²) in [5, 5.41) is 13.7. The first-order valence-electron chi connectivity index (χ1n) is 12.3. The normalized spacial score (nSPS) is 10.9. The molecule has 14 heteroatoms. The molecule has 5 aromatic rings. The summed E-state index contributed by atoms with van der Waals surface area (Å²) in [6.45, 7) is 1.85. The van der Waals surface area contributed by atoms with Crippen LogP contribution in [0.1, 0.15) is 11.3 Å². The second kappa shape index (κ2) is 10.8. The summed E-state index contributed by atoms with van der Waals surface area (Å²) in [7, 11) is 4.73. The van der Waals surface area contributed by atoms with Crippen LogP contribution in [0.25, 0.3) is 16.7 Å². The highest BCUT2D eigenvalue weighted by molar-refractivity contribution is 5.88. The minimum atomic E-state index is -0.773. The van der Waals surface area contributed by atoms with Crippen molar-refractivity contribution in [1.29, 1.82) is 0 Å². The smallest absolute Gasteiger partial charge is 0.434 e. The van der Waals surface area contributed by atoms with Gasteiger partial charge in [0.05, 0.1) is 37.1 Å². The first kappa shape index (κ1) is 26.9. The molecule has 0 aliphatic rings. The van der Waals surface area contributed by atoms with Crippen molar-refractivity contribution < 1.29 is 23.9 Å². The number of rotatable bonds is 8. The molecule has 0 aliphatic carbocycles.